The molecule has 3 atom stereocenters. The van der Waals surface area contributed by atoms with Crippen LogP contribution in [0.25, 0.3) is 0 Å². The molecule has 3 unspecified atom stereocenters. The third-order valence-electron chi connectivity index (χ3n) is 4.66. The quantitative estimate of drug-likeness (QED) is 0.744. The third kappa shape index (κ3) is 4.12. The van der Waals surface area contributed by atoms with Crippen LogP contribution in [0.2, 0.25) is 0 Å². The van der Waals surface area contributed by atoms with Gasteiger partial charge in [0, 0.05) is 12.1 Å². The Bertz CT molecular complexity index is 381. The Morgan fingerprint density at radius 3 is 2.40 bits per heavy atom. The summed E-state index contributed by atoms with van der Waals surface area (Å²) in [6.45, 7) is 4.45. The van der Waals surface area contributed by atoms with Gasteiger partial charge in [0.2, 0.25) is 0 Å². The normalized spacial score (nSPS) is 32.6. The minimum absolute atomic E-state index is 0.000682. The summed E-state index contributed by atoms with van der Waals surface area (Å²) in [7, 11) is 0. The number of amides is 2. The second kappa shape index (κ2) is 6.02. The van der Waals surface area contributed by atoms with E-state index in [1.54, 1.807) is 0 Å². The van der Waals surface area contributed by atoms with Crippen molar-refractivity contribution in [2.45, 2.75) is 70.9 Å². The Labute approximate surface area is 120 Å². The van der Waals surface area contributed by atoms with Crippen LogP contribution in [-0.4, -0.2) is 29.2 Å². The molecule has 2 amide bonds. The second-order valence-electron chi connectivity index (χ2n) is 7.12. The van der Waals surface area contributed by atoms with Crippen LogP contribution < -0.4 is 10.6 Å². The van der Waals surface area contributed by atoms with Gasteiger partial charge >= 0.3 is 12.0 Å². The van der Waals surface area contributed by atoms with Gasteiger partial charge in [-0.2, -0.15) is 0 Å². The lowest BCUT2D eigenvalue weighted by atomic mass is 9.86. The highest BCUT2D eigenvalue weighted by atomic mass is 16.4. The number of carboxylic acids is 1. The van der Waals surface area contributed by atoms with Crippen LogP contribution in [0.15, 0.2) is 0 Å². The van der Waals surface area contributed by atoms with Crippen molar-refractivity contribution < 1.29 is 14.7 Å². The number of carbonyl (C=O) groups excluding carboxylic acids is 1. The van der Waals surface area contributed by atoms with Crippen molar-refractivity contribution in [2.24, 2.45) is 11.3 Å². The minimum atomic E-state index is -0.741. The topological polar surface area (TPSA) is 78.4 Å². The van der Waals surface area contributed by atoms with Crippen LogP contribution in [-0.2, 0) is 4.79 Å². The van der Waals surface area contributed by atoms with Crippen molar-refractivity contribution in [2.75, 3.05) is 0 Å². The number of carbonyl (C=O) groups is 2. The van der Waals surface area contributed by atoms with E-state index in [-0.39, 0.29) is 24.0 Å². The summed E-state index contributed by atoms with van der Waals surface area (Å²) in [4.78, 5) is 23.0. The van der Waals surface area contributed by atoms with Crippen LogP contribution in [0.3, 0.4) is 0 Å². The molecule has 20 heavy (non-hydrogen) atoms. The van der Waals surface area contributed by atoms with E-state index in [9.17, 15) is 9.59 Å². The van der Waals surface area contributed by atoms with E-state index in [0.29, 0.717) is 11.8 Å². The third-order valence-corrected chi connectivity index (χ3v) is 4.66. The minimum Gasteiger partial charge on any atom is -0.481 e. The number of rotatable bonds is 3. The number of carboxylic acid groups (broad SMARTS) is 1. The fourth-order valence-electron chi connectivity index (χ4n) is 3.52. The molecule has 2 fully saturated rings. The smallest absolute Gasteiger partial charge is 0.315 e. The molecule has 2 aliphatic rings. The van der Waals surface area contributed by atoms with Gasteiger partial charge in [-0.15, -0.1) is 0 Å². The first kappa shape index (κ1) is 15.1. The maximum atomic E-state index is 12.0. The molecule has 0 aromatic carbocycles. The summed E-state index contributed by atoms with van der Waals surface area (Å²) < 4.78 is 0. The summed E-state index contributed by atoms with van der Waals surface area (Å²) in [5.74, 6) is -1.05. The molecule has 5 nitrogen and oxygen atoms in total. The molecule has 0 bridgehead atoms. The standard InChI is InChI=1S/C15H26N2O3/c1-15(2)7-6-12(9-15)17-14(20)16-11-5-3-4-10(8-11)13(18)19/h10-12H,3-9H2,1-2H3,(H,18,19)(H2,16,17,20). The molecule has 3 N–H and O–H groups in total. The monoisotopic (exact) mass is 282 g/mol. The van der Waals surface area contributed by atoms with Crippen LogP contribution >= 0.6 is 0 Å². The zero-order valence-electron chi connectivity index (χ0n) is 12.4. The van der Waals surface area contributed by atoms with Gasteiger partial charge in [0.15, 0.2) is 0 Å². The maximum Gasteiger partial charge on any atom is 0.315 e. The van der Waals surface area contributed by atoms with Crippen LogP contribution in [0.1, 0.15) is 58.8 Å². The molecule has 5 heteroatoms. The van der Waals surface area contributed by atoms with Gasteiger partial charge in [-0.05, 0) is 43.9 Å². The van der Waals surface area contributed by atoms with Crippen molar-refractivity contribution in [1.29, 1.82) is 0 Å². The predicted octanol–water partition coefficient (Wildman–Crippen LogP) is 2.51. The fourth-order valence-corrected chi connectivity index (χ4v) is 3.52. The van der Waals surface area contributed by atoms with E-state index in [1.165, 1.54) is 0 Å². The molecule has 0 aromatic heterocycles. The highest BCUT2D eigenvalue weighted by Gasteiger charge is 2.32. The van der Waals surface area contributed by atoms with Gasteiger partial charge in [0.25, 0.3) is 0 Å². The molecular weight excluding hydrogens is 256 g/mol. The number of urea groups is 1. The van der Waals surface area contributed by atoms with Crippen molar-refractivity contribution in [1.82, 2.24) is 10.6 Å². The molecule has 0 spiro atoms. The predicted molar refractivity (Wildman–Crippen MR) is 76.5 cm³/mol. The maximum absolute atomic E-state index is 12.0. The van der Waals surface area contributed by atoms with E-state index in [0.717, 1.165) is 38.5 Å². The van der Waals surface area contributed by atoms with Gasteiger partial charge in [0.05, 0.1) is 5.92 Å². The van der Waals surface area contributed by atoms with E-state index in [1.807, 2.05) is 0 Å². The Morgan fingerprint density at radius 1 is 1.10 bits per heavy atom. The van der Waals surface area contributed by atoms with Gasteiger partial charge < -0.3 is 15.7 Å². The number of aliphatic carboxylic acids is 1. The number of hydrogen-bond acceptors (Lipinski definition) is 2. The first-order valence-corrected chi connectivity index (χ1v) is 7.65. The molecular formula is C15H26N2O3. The lowest BCUT2D eigenvalue weighted by Gasteiger charge is -2.28. The van der Waals surface area contributed by atoms with Crippen LogP contribution in [0.4, 0.5) is 4.79 Å². The molecule has 2 saturated carbocycles. The Kier molecular flexibility index (Phi) is 4.55. The summed E-state index contributed by atoms with van der Waals surface area (Å²) in [5, 5.41) is 15.0. The van der Waals surface area contributed by atoms with E-state index in [2.05, 4.69) is 24.5 Å². The summed E-state index contributed by atoms with van der Waals surface area (Å²) in [5.41, 5.74) is 0.317. The molecule has 0 aromatic rings. The van der Waals surface area contributed by atoms with Crippen molar-refractivity contribution >= 4 is 12.0 Å². The van der Waals surface area contributed by atoms with E-state index >= 15 is 0 Å². The largest absolute Gasteiger partial charge is 0.481 e. The van der Waals surface area contributed by atoms with E-state index in [4.69, 9.17) is 5.11 Å². The Balaban J connectivity index is 1.76. The molecule has 0 heterocycles. The molecule has 2 aliphatic carbocycles. The first-order valence-electron chi connectivity index (χ1n) is 7.65. The highest BCUT2D eigenvalue weighted by Crippen LogP contribution is 2.36. The van der Waals surface area contributed by atoms with Crippen molar-refractivity contribution in [3.8, 4) is 0 Å². The second-order valence-corrected chi connectivity index (χ2v) is 7.12. The van der Waals surface area contributed by atoms with Gasteiger partial charge in [0.1, 0.15) is 0 Å². The molecule has 114 valence electrons. The molecule has 0 aliphatic heterocycles. The Hall–Kier alpha value is -1.26. The SMILES string of the molecule is CC1(C)CCC(NC(=O)NC2CCCC(C(=O)O)C2)C1. The van der Waals surface area contributed by atoms with Crippen molar-refractivity contribution in [3.05, 3.63) is 0 Å². The fraction of sp³-hybridized carbons (Fsp3) is 0.867. The van der Waals surface area contributed by atoms with E-state index < -0.39 is 5.97 Å². The summed E-state index contributed by atoms with van der Waals surface area (Å²) in [6, 6.07) is 0.117. The van der Waals surface area contributed by atoms with Crippen LogP contribution in [0, 0.1) is 11.3 Å². The Morgan fingerprint density at radius 2 is 1.80 bits per heavy atom. The van der Waals surface area contributed by atoms with Gasteiger partial charge in [-0.25, -0.2) is 4.79 Å². The van der Waals surface area contributed by atoms with Gasteiger partial charge in [-0.3, -0.25) is 4.79 Å². The van der Waals surface area contributed by atoms with Gasteiger partial charge in [-0.1, -0.05) is 20.3 Å². The van der Waals surface area contributed by atoms with Crippen molar-refractivity contribution in [3.63, 3.8) is 0 Å². The number of nitrogens with one attached hydrogen (secondary N) is 2. The zero-order chi connectivity index (χ0) is 14.8. The molecule has 0 radical (unpaired) electrons. The summed E-state index contributed by atoms with van der Waals surface area (Å²) >= 11 is 0. The first-order chi connectivity index (χ1) is 9.35. The molecule has 0 saturated heterocycles. The van der Waals surface area contributed by atoms with Crippen LogP contribution in [0.5, 0.6) is 0 Å². The number of hydrogen-bond donors (Lipinski definition) is 3. The average molecular weight is 282 g/mol. The zero-order valence-corrected chi connectivity index (χ0v) is 12.4. The lowest BCUT2D eigenvalue weighted by Crippen LogP contribution is -2.47. The highest BCUT2D eigenvalue weighted by molar-refractivity contribution is 5.75. The summed E-state index contributed by atoms with van der Waals surface area (Å²) in [6.07, 6.45) is 6.23. The molecule has 2 rings (SSSR count). The lowest BCUT2D eigenvalue weighted by molar-refractivity contribution is -0.143. The average Bonchev–Trinajstić information content (AvgIpc) is 2.68.